The fraction of sp³-hybridized carbons (Fsp3) is 0.800. The number of aliphatic hydroxyl groups is 1. The topological polar surface area (TPSA) is 89.6 Å². The largest absolute Gasteiger partial charge is 0.469 e. The second kappa shape index (κ2) is 10.9. The summed E-state index contributed by atoms with van der Waals surface area (Å²) in [4.78, 5) is 21.9. The highest BCUT2D eigenvalue weighted by atomic mass is 35.5. The van der Waals surface area contributed by atoms with Crippen molar-refractivity contribution in [2.24, 2.45) is 5.73 Å². The second-order valence-corrected chi connectivity index (χ2v) is 3.39. The van der Waals surface area contributed by atoms with E-state index in [1.165, 1.54) is 7.11 Å². The molecule has 96 valence electrons. The molecular weight excluding hydrogens is 234 g/mol. The van der Waals surface area contributed by atoms with Crippen molar-refractivity contribution in [2.45, 2.75) is 38.1 Å². The minimum absolute atomic E-state index is 0. The molecule has 0 saturated heterocycles. The summed E-state index contributed by atoms with van der Waals surface area (Å²) in [6, 6.07) is -0.759. The molecule has 0 aliphatic carbocycles. The van der Waals surface area contributed by atoms with Gasteiger partial charge in [0.25, 0.3) is 0 Å². The molecule has 1 atom stereocenters. The smallest absolute Gasteiger partial charge is 0.305 e. The first-order valence-electron chi connectivity index (χ1n) is 5.07. The molecule has 0 saturated carbocycles. The second-order valence-electron chi connectivity index (χ2n) is 3.39. The SMILES string of the molecule is COC(=O)CCCCCC(=O)C(N)CO.Cl. The maximum atomic E-state index is 11.2. The van der Waals surface area contributed by atoms with Crippen molar-refractivity contribution in [3.05, 3.63) is 0 Å². The van der Waals surface area contributed by atoms with Crippen molar-refractivity contribution in [3.8, 4) is 0 Å². The molecule has 1 unspecified atom stereocenters. The Bertz CT molecular complexity index is 211. The van der Waals surface area contributed by atoms with E-state index in [0.717, 1.165) is 6.42 Å². The van der Waals surface area contributed by atoms with Crippen molar-refractivity contribution < 1.29 is 19.4 Å². The average Bonchev–Trinajstić information content (AvgIpc) is 2.26. The fourth-order valence-electron chi connectivity index (χ4n) is 1.13. The molecule has 0 heterocycles. The number of nitrogens with two attached hydrogens (primary N) is 1. The van der Waals surface area contributed by atoms with E-state index in [0.29, 0.717) is 25.7 Å². The van der Waals surface area contributed by atoms with E-state index in [-0.39, 0.29) is 30.8 Å². The Morgan fingerprint density at radius 2 is 1.81 bits per heavy atom. The average molecular weight is 254 g/mol. The summed E-state index contributed by atoms with van der Waals surface area (Å²) in [5, 5.41) is 8.61. The summed E-state index contributed by atoms with van der Waals surface area (Å²) in [5.74, 6) is -0.357. The van der Waals surface area contributed by atoms with Gasteiger partial charge < -0.3 is 15.6 Å². The van der Waals surface area contributed by atoms with Crippen LogP contribution in [0, 0.1) is 0 Å². The number of esters is 1. The minimum Gasteiger partial charge on any atom is -0.469 e. The van der Waals surface area contributed by atoms with Crippen LogP contribution in [0.15, 0.2) is 0 Å². The van der Waals surface area contributed by atoms with Crippen LogP contribution in [0.1, 0.15) is 32.1 Å². The van der Waals surface area contributed by atoms with Crippen molar-refractivity contribution in [3.63, 3.8) is 0 Å². The molecule has 0 fully saturated rings. The maximum absolute atomic E-state index is 11.2. The molecule has 0 aliphatic rings. The Morgan fingerprint density at radius 1 is 1.25 bits per heavy atom. The van der Waals surface area contributed by atoms with Gasteiger partial charge in [0.1, 0.15) is 0 Å². The van der Waals surface area contributed by atoms with Gasteiger partial charge in [-0.1, -0.05) is 6.42 Å². The summed E-state index contributed by atoms with van der Waals surface area (Å²) in [5.41, 5.74) is 5.33. The van der Waals surface area contributed by atoms with Crippen LogP contribution < -0.4 is 5.73 Å². The molecule has 0 amide bonds. The Balaban J connectivity index is 0. The lowest BCUT2D eigenvalue weighted by atomic mass is 10.1. The predicted octanol–water partition coefficient (Wildman–Crippen LogP) is 0.420. The van der Waals surface area contributed by atoms with E-state index in [4.69, 9.17) is 10.8 Å². The number of halogens is 1. The van der Waals surface area contributed by atoms with E-state index >= 15 is 0 Å². The van der Waals surface area contributed by atoms with Gasteiger partial charge in [-0.05, 0) is 12.8 Å². The van der Waals surface area contributed by atoms with Crippen LogP contribution in [0.3, 0.4) is 0 Å². The molecule has 0 rings (SSSR count). The van der Waals surface area contributed by atoms with E-state index < -0.39 is 6.04 Å². The molecule has 3 N–H and O–H groups in total. The van der Waals surface area contributed by atoms with Crippen LogP contribution in [0.5, 0.6) is 0 Å². The van der Waals surface area contributed by atoms with Gasteiger partial charge in [0, 0.05) is 12.8 Å². The Labute approximate surface area is 102 Å². The molecule has 0 aromatic heterocycles. The predicted molar refractivity (Wildman–Crippen MR) is 62.4 cm³/mol. The zero-order valence-electron chi connectivity index (χ0n) is 9.48. The lowest BCUT2D eigenvalue weighted by molar-refractivity contribution is -0.140. The molecular formula is C10H20ClNO4. The number of ether oxygens (including phenoxy) is 1. The van der Waals surface area contributed by atoms with E-state index in [2.05, 4.69) is 4.74 Å². The van der Waals surface area contributed by atoms with Gasteiger partial charge in [0.05, 0.1) is 19.8 Å². The van der Waals surface area contributed by atoms with E-state index in [1.54, 1.807) is 0 Å². The molecule has 0 aromatic carbocycles. The van der Waals surface area contributed by atoms with Crippen molar-refractivity contribution in [1.29, 1.82) is 0 Å². The van der Waals surface area contributed by atoms with Gasteiger partial charge in [-0.25, -0.2) is 0 Å². The number of hydrogen-bond acceptors (Lipinski definition) is 5. The number of aliphatic hydroxyl groups excluding tert-OH is 1. The first-order chi connectivity index (χ1) is 7.11. The van der Waals surface area contributed by atoms with Crippen LogP contribution in [0.4, 0.5) is 0 Å². The molecule has 5 nitrogen and oxygen atoms in total. The molecule has 0 bridgehead atoms. The molecule has 0 spiro atoms. The maximum Gasteiger partial charge on any atom is 0.305 e. The third-order valence-corrected chi connectivity index (χ3v) is 2.14. The van der Waals surface area contributed by atoms with Crippen molar-refractivity contribution >= 4 is 24.2 Å². The Hall–Kier alpha value is -0.650. The number of methoxy groups -OCH3 is 1. The van der Waals surface area contributed by atoms with Crippen LogP contribution in [0.2, 0.25) is 0 Å². The lowest BCUT2D eigenvalue weighted by Crippen LogP contribution is -2.33. The number of rotatable bonds is 8. The lowest BCUT2D eigenvalue weighted by Gasteiger charge is -2.06. The van der Waals surface area contributed by atoms with Crippen LogP contribution in [-0.4, -0.2) is 36.6 Å². The van der Waals surface area contributed by atoms with Crippen molar-refractivity contribution in [1.82, 2.24) is 0 Å². The normalized spacial score (nSPS) is 11.4. The summed E-state index contributed by atoms with van der Waals surface area (Å²) in [6.07, 6.45) is 2.95. The Kier molecular flexibility index (Phi) is 12.0. The van der Waals surface area contributed by atoms with E-state index in [1.807, 2.05) is 0 Å². The molecule has 16 heavy (non-hydrogen) atoms. The zero-order chi connectivity index (χ0) is 11.7. The summed E-state index contributed by atoms with van der Waals surface area (Å²) < 4.78 is 4.47. The number of ketones is 1. The van der Waals surface area contributed by atoms with Gasteiger partial charge in [-0.15, -0.1) is 12.4 Å². The summed E-state index contributed by atoms with van der Waals surface area (Å²) >= 11 is 0. The molecule has 0 radical (unpaired) electrons. The van der Waals surface area contributed by atoms with Gasteiger partial charge in [-0.2, -0.15) is 0 Å². The number of carbonyl (C=O) groups excluding carboxylic acids is 2. The first-order valence-corrected chi connectivity index (χ1v) is 5.07. The number of Topliss-reactive ketones (excluding diaryl/α,β-unsaturated/α-hetero) is 1. The van der Waals surface area contributed by atoms with Crippen LogP contribution >= 0.6 is 12.4 Å². The molecule has 0 aliphatic heterocycles. The van der Waals surface area contributed by atoms with Gasteiger partial charge in [0.2, 0.25) is 0 Å². The summed E-state index contributed by atoms with van der Waals surface area (Å²) in [7, 11) is 1.35. The van der Waals surface area contributed by atoms with Gasteiger partial charge in [0.15, 0.2) is 5.78 Å². The zero-order valence-corrected chi connectivity index (χ0v) is 10.3. The third-order valence-electron chi connectivity index (χ3n) is 2.14. The van der Waals surface area contributed by atoms with E-state index in [9.17, 15) is 9.59 Å². The highest BCUT2D eigenvalue weighted by Crippen LogP contribution is 2.05. The van der Waals surface area contributed by atoms with Crippen LogP contribution in [-0.2, 0) is 14.3 Å². The molecule has 0 aromatic rings. The summed E-state index contributed by atoms with van der Waals surface area (Å²) in [6.45, 7) is -0.305. The van der Waals surface area contributed by atoms with Crippen LogP contribution in [0.25, 0.3) is 0 Å². The van der Waals surface area contributed by atoms with Gasteiger partial charge >= 0.3 is 5.97 Å². The third kappa shape index (κ3) is 8.64. The number of unbranched alkanes of at least 4 members (excludes halogenated alkanes) is 2. The quantitative estimate of drug-likeness (QED) is 0.483. The monoisotopic (exact) mass is 253 g/mol. The van der Waals surface area contributed by atoms with Crippen molar-refractivity contribution in [2.75, 3.05) is 13.7 Å². The number of carbonyl (C=O) groups is 2. The molecule has 6 heteroatoms. The number of hydrogen-bond donors (Lipinski definition) is 2. The highest BCUT2D eigenvalue weighted by Gasteiger charge is 2.11. The Morgan fingerprint density at radius 3 is 2.31 bits per heavy atom. The fourth-order valence-corrected chi connectivity index (χ4v) is 1.13. The standard InChI is InChI=1S/C10H19NO4.ClH/c1-15-10(14)6-4-2-3-5-9(13)8(11)7-12;/h8,12H,2-7,11H2,1H3;1H. The van der Waals surface area contributed by atoms with Gasteiger partial charge in [-0.3, -0.25) is 9.59 Å². The highest BCUT2D eigenvalue weighted by molar-refractivity contribution is 5.85. The first kappa shape index (κ1) is 17.7. The minimum atomic E-state index is -0.759.